The fraction of sp³-hybridized carbons (Fsp3) is 0.192. The first kappa shape index (κ1) is 19.6. The molecule has 1 fully saturated rings. The SMILES string of the molecule is Cc1cccc(N2CCN(C(=O)Nc3cccc(C#Cc4ccccc4)c3)CC2)c1. The van der Waals surface area contributed by atoms with Crippen LogP contribution < -0.4 is 10.2 Å². The zero-order chi connectivity index (χ0) is 20.8. The maximum absolute atomic E-state index is 12.7. The first-order valence-corrected chi connectivity index (χ1v) is 10.2. The van der Waals surface area contributed by atoms with E-state index in [1.54, 1.807) is 0 Å². The van der Waals surface area contributed by atoms with Crippen LogP contribution in [0.25, 0.3) is 0 Å². The van der Waals surface area contributed by atoms with Gasteiger partial charge in [-0.2, -0.15) is 0 Å². The highest BCUT2D eigenvalue weighted by atomic mass is 16.2. The van der Waals surface area contributed by atoms with Crippen LogP contribution in [0, 0.1) is 18.8 Å². The number of hydrogen-bond acceptors (Lipinski definition) is 2. The molecule has 1 aliphatic rings. The summed E-state index contributed by atoms with van der Waals surface area (Å²) in [4.78, 5) is 16.9. The average Bonchev–Trinajstić information content (AvgIpc) is 2.79. The Kier molecular flexibility index (Phi) is 6.01. The molecular weight excluding hydrogens is 370 g/mol. The molecule has 0 saturated carbocycles. The van der Waals surface area contributed by atoms with E-state index in [9.17, 15) is 4.79 Å². The highest BCUT2D eigenvalue weighted by Gasteiger charge is 2.21. The highest BCUT2D eigenvalue weighted by Crippen LogP contribution is 2.18. The van der Waals surface area contributed by atoms with Crippen LogP contribution in [0.4, 0.5) is 16.2 Å². The molecule has 0 aliphatic carbocycles. The van der Waals surface area contributed by atoms with Crippen LogP contribution in [0.2, 0.25) is 0 Å². The molecule has 0 unspecified atom stereocenters. The van der Waals surface area contributed by atoms with Gasteiger partial charge < -0.3 is 15.1 Å². The summed E-state index contributed by atoms with van der Waals surface area (Å²) in [5.41, 5.74) is 5.09. The second-order valence-electron chi connectivity index (χ2n) is 7.44. The number of nitrogens with one attached hydrogen (secondary N) is 1. The normalized spacial score (nSPS) is 13.4. The molecular formula is C26H25N3O. The molecule has 4 heteroatoms. The Bertz CT molecular complexity index is 1070. The Hall–Kier alpha value is -3.71. The van der Waals surface area contributed by atoms with E-state index >= 15 is 0 Å². The molecule has 1 saturated heterocycles. The minimum atomic E-state index is -0.0629. The van der Waals surface area contributed by atoms with Crippen molar-refractivity contribution in [1.82, 2.24) is 4.90 Å². The molecule has 1 N–H and O–H groups in total. The number of urea groups is 1. The molecule has 0 radical (unpaired) electrons. The summed E-state index contributed by atoms with van der Waals surface area (Å²) in [5.74, 6) is 6.31. The molecule has 3 aromatic carbocycles. The van der Waals surface area contributed by atoms with Gasteiger partial charge in [-0.3, -0.25) is 0 Å². The second-order valence-corrected chi connectivity index (χ2v) is 7.44. The number of aryl methyl sites for hydroxylation is 1. The largest absolute Gasteiger partial charge is 0.368 e. The van der Waals surface area contributed by atoms with Crippen LogP contribution in [0.1, 0.15) is 16.7 Å². The van der Waals surface area contributed by atoms with Gasteiger partial charge in [0.1, 0.15) is 0 Å². The summed E-state index contributed by atoms with van der Waals surface area (Å²) >= 11 is 0. The summed E-state index contributed by atoms with van der Waals surface area (Å²) in [6, 6.07) is 26.0. The van der Waals surface area contributed by atoms with Gasteiger partial charge in [-0.1, -0.05) is 48.2 Å². The summed E-state index contributed by atoms with van der Waals surface area (Å²) in [6.45, 7) is 5.17. The van der Waals surface area contributed by atoms with Crippen LogP contribution in [-0.2, 0) is 0 Å². The van der Waals surface area contributed by atoms with Crippen molar-refractivity contribution in [2.45, 2.75) is 6.92 Å². The van der Waals surface area contributed by atoms with Gasteiger partial charge in [0.05, 0.1) is 0 Å². The van der Waals surface area contributed by atoms with Crippen LogP contribution in [0.15, 0.2) is 78.9 Å². The van der Waals surface area contributed by atoms with E-state index in [1.807, 2.05) is 59.5 Å². The first-order chi connectivity index (χ1) is 14.7. The topological polar surface area (TPSA) is 35.6 Å². The van der Waals surface area contributed by atoms with Crippen LogP contribution in [0.3, 0.4) is 0 Å². The van der Waals surface area contributed by atoms with Crippen LogP contribution >= 0.6 is 0 Å². The number of nitrogens with zero attached hydrogens (tertiary/aromatic N) is 2. The number of carbonyl (C=O) groups is 1. The zero-order valence-corrected chi connectivity index (χ0v) is 17.1. The maximum atomic E-state index is 12.7. The van der Waals surface area contributed by atoms with E-state index < -0.39 is 0 Å². The second kappa shape index (κ2) is 9.19. The van der Waals surface area contributed by atoms with E-state index in [0.717, 1.165) is 29.9 Å². The predicted molar refractivity (Wildman–Crippen MR) is 123 cm³/mol. The lowest BCUT2D eigenvalue weighted by Crippen LogP contribution is -2.50. The summed E-state index contributed by atoms with van der Waals surface area (Å²) < 4.78 is 0. The van der Waals surface area contributed by atoms with E-state index in [1.165, 1.54) is 11.3 Å². The van der Waals surface area contributed by atoms with Gasteiger partial charge in [-0.25, -0.2) is 4.79 Å². The third kappa shape index (κ3) is 5.01. The van der Waals surface area contributed by atoms with Crippen molar-refractivity contribution in [3.63, 3.8) is 0 Å². The van der Waals surface area contributed by atoms with Crippen LogP contribution in [-0.4, -0.2) is 37.1 Å². The van der Waals surface area contributed by atoms with Gasteiger partial charge in [0.2, 0.25) is 0 Å². The van der Waals surface area contributed by atoms with Crippen molar-refractivity contribution >= 4 is 17.4 Å². The maximum Gasteiger partial charge on any atom is 0.321 e. The van der Waals surface area contributed by atoms with Gasteiger partial charge in [0.25, 0.3) is 0 Å². The van der Waals surface area contributed by atoms with Gasteiger partial charge >= 0.3 is 6.03 Å². The number of rotatable bonds is 2. The minimum absolute atomic E-state index is 0.0629. The average molecular weight is 396 g/mol. The molecule has 150 valence electrons. The smallest absolute Gasteiger partial charge is 0.321 e. The van der Waals surface area contributed by atoms with Crippen molar-refractivity contribution in [1.29, 1.82) is 0 Å². The molecule has 30 heavy (non-hydrogen) atoms. The van der Waals surface area contributed by atoms with Crippen LogP contribution in [0.5, 0.6) is 0 Å². The number of carbonyl (C=O) groups excluding carboxylic acids is 1. The Morgan fingerprint density at radius 3 is 2.27 bits per heavy atom. The van der Waals surface area contributed by atoms with Gasteiger partial charge in [-0.05, 0) is 55.0 Å². The quantitative estimate of drug-likeness (QED) is 0.636. The lowest BCUT2D eigenvalue weighted by atomic mass is 10.1. The Balaban J connectivity index is 1.35. The number of anilines is 2. The Labute approximate surface area is 178 Å². The van der Waals surface area contributed by atoms with Gasteiger partial charge in [-0.15, -0.1) is 0 Å². The summed E-state index contributed by atoms with van der Waals surface area (Å²) in [5, 5.41) is 3.01. The van der Waals surface area contributed by atoms with E-state index in [2.05, 4.69) is 53.2 Å². The standard InChI is InChI=1S/C26H25N3O/c1-21-7-5-12-25(19-21)28-15-17-29(18-16-28)26(30)27-24-11-6-10-23(20-24)14-13-22-8-3-2-4-9-22/h2-12,19-20H,15-18H2,1H3,(H,27,30). The molecule has 0 aromatic heterocycles. The third-order valence-electron chi connectivity index (χ3n) is 5.17. The minimum Gasteiger partial charge on any atom is -0.368 e. The van der Waals surface area contributed by atoms with Crippen molar-refractivity contribution in [2.75, 3.05) is 36.4 Å². The van der Waals surface area contributed by atoms with Crippen molar-refractivity contribution in [3.8, 4) is 11.8 Å². The van der Waals surface area contributed by atoms with E-state index in [-0.39, 0.29) is 6.03 Å². The Morgan fingerprint density at radius 2 is 1.50 bits per heavy atom. The van der Waals surface area contributed by atoms with Crippen molar-refractivity contribution in [3.05, 3.63) is 95.6 Å². The number of benzene rings is 3. The van der Waals surface area contributed by atoms with Crippen molar-refractivity contribution in [2.24, 2.45) is 0 Å². The first-order valence-electron chi connectivity index (χ1n) is 10.2. The van der Waals surface area contributed by atoms with Gasteiger partial charge in [0.15, 0.2) is 0 Å². The lowest BCUT2D eigenvalue weighted by Gasteiger charge is -2.36. The fourth-order valence-corrected chi connectivity index (χ4v) is 3.54. The molecule has 4 rings (SSSR count). The molecule has 4 nitrogen and oxygen atoms in total. The number of amides is 2. The summed E-state index contributed by atoms with van der Waals surface area (Å²) in [6.07, 6.45) is 0. The molecule has 3 aromatic rings. The number of hydrogen-bond donors (Lipinski definition) is 1. The monoisotopic (exact) mass is 395 g/mol. The molecule has 0 spiro atoms. The van der Waals surface area contributed by atoms with E-state index in [4.69, 9.17) is 0 Å². The molecule has 2 amide bonds. The Morgan fingerprint density at radius 1 is 0.800 bits per heavy atom. The fourth-order valence-electron chi connectivity index (χ4n) is 3.54. The predicted octanol–water partition coefficient (Wildman–Crippen LogP) is 4.75. The molecule has 0 bridgehead atoms. The number of piperazine rings is 1. The molecule has 1 aliphatic heterocycles. The lowest BCUT2D eigenvalue weighted by molar-refractivity contribution is 0.208. The van der Waals surface area contributed by atoms with Crippen molar-refractivity contribution < 1.29 is 4.79 Å². The van der Waals surface area contributed by atoms with E-state index in [0.29, 0.717) is 13.1 Å². The highest BCUT2D eigenvalue weighted by molar-refractivity contribution is 5.89. The zero-order valence-electron chi connectivity index (χ0n) is 17.1. The molecule has 0 atom stereocenters. The molecule has 1 heterocycles. The summed E-state index contributed by atoms with van der Waals surface area (Å²) in [7, 11) is 0. The van der Waals surface area contributed by atoms with Gasteiger partial charge in [0, 0.05) is 48.7 Å². The third-order valence-corrected chi connectivity index (χ3v) is 5.17.